The predicted octanol–water partition coefficient (Wildman–Crippen LogP) is 4.13. The van der Waals surface area contributed by atoms with Crippen LogP contribution in [0.4, 0.5) is 11.4 Å². The van der Waals surface area contributed by atoms with Crippen LogP contribution in [0.1, 0.15) is 19.4 Å². The zero-order valence-electron chi connectivity index (χ0n) is 14.5. The van der Waals surface area contributed by atoms with Crippen molar-refractivity contribution >= 4 is 40.9 Å². The normalized spacial score (nSPS) is 16.3. The molecule has 0 saturated carbocycles. The van der Waals surface area contributed by atoms with Crippen molar-refractivity contribution in [3.8, 4) is 5.75 Å². The minimum absolute atomic E-state index is 0.0670. The van der Waals surface area contributed by atoms with Crippen LogP contribution in [0.25, 0.3) is 6.08 Å². The van der Waals surface area contributed by atoms with Crippen molar-refractivity contribution < 1.29 is 14.3 Å². The van der Waals surface area contributed by atoms with Crippen LogP contribution in [0.3, 0.4) is 0 Å². The summed E-state index contributed by atoms with van der Waals surface area (Å²) in [4.78, 5) is 25.9. The molecule has 0 aliphatic carbocycles. The molecule has 0 radical (unpaired) electrons. The maximum absolute atomic E-state index is 12.1. The summed E-state index contributed by atoms with van der Waals surface area (Å²) < 4.78 is 5.67. The van der Waals surface area contributed by atoms with Crippen LogP contribution >= 0.6 is 11.6 Å². The monoisotopic (exact) mass is 370 g/mol. The summed E-state index contributed by atoms with van der Waals surface area (Å²) in [5.41, 5.74) is 2.20. The van der Waals surface area contributed by atoms with Gasteiger partial charge in [0.1, 0.15) is 5.75 Å². The molecule has 26 heavy (non-hydrogen) atoms. The molecule has 0 saturated heterocycles. The van der Waals surface area contributed by atoms with Crippen molar-refractivity contribution in [3.05, 3.63) is 59.1 Å². The van der Waals surface area contributed by atoms with Gasteiger partial charge in [-0.25, -0.2) is 0 Å². The highest BCUT2D eigenvalue weighted by Crippen LogP contribution is 2.36. The smallest absolute Gasteiger partial charge is 0.267 e. The number of carbonyl (C=O) groups excluding carboxylic acids is 2. The highest BCUT2D eigenvalue weighted by atomic mass is 35.5. The minimum Gasteiger partial charge on any atom is -0.479 e. The lowest BCUT2D eigenvalue weighted by Gasteiger charge is -2.32. The fraction of sp³-hybridized carbons (Fsp3) is 0.200. The van der Waals surface area contributed by atoms with Crippen LogP contribution < -0.4 is 15.0 Å². The average Bonchev–Trinajstić information content (AvgIpc) is 2.62. The molecule has 6 heteroatoms. The molecule has 1 atom stereocenters. The zero-order chi connectivity index (χ0) is 18.7. The van der Waals surface area contributed by atoms with Gasteiger partial charge in [-0.2, -0.15) is 0 Å². The van der Waals surface area contributed by atoms with E-state index in [0.29, 0.717) is 28.7 Å². The van der Waals surface area contributed by atoms with E-state index in [1.807, 2.05) is 19.1 Å². The van der Waals surface area contributed by atoms with Crippen molar-refractivity contribution in [2.24, 2.45) is 0 Å². The fourth-order valence-corrected chi connectivity index (χ4v) is 2.87. The number of benzene rings is 2. The molecule has 3 rings (SSSR count). The lowest BCUT2D eigenvalue weighted by molar-refractivity contribution is -0.125. The van der Waals surface area contributed by atoms with E-state index >= 15 is 0 Å². The van der Waals surface area contributed by atoms with Gasteiger partial charge in [-0.15, -0.1) is 0 Å². The molecule has 2 aromatic carbocycles. The van der Waals surface area contributed by atoms with Crippen LogP contribution in [0.5, 0.6) is 5.75 Å². The lowest BCUT2D eigenvalue weighted by atomic mass is 10.1. The van der Waals surface area contributed by atoms with Crippen molar-refractivity contribution in [1.82, 2.24) is 0 Å². The van der Waals surface area contributed by atoms with Crippen molar-refractivity contribution in [3.63, 3.8) is 0 Å². The molecule has 2 amide bonds. The molecule has 134 valence electrons. The average molecular weight is 371 g/mol. The quantitative estimate of drug-likeness (QED) is 0.823. The third-order valence-corrected chi connectivity index (χ3v) is 4.30. The van der Waals surface area contributed by atoms with E-state index < -0.39 is 6.10 Å². The predicted molar refractivity (Wildman–Crippen MR) is 104 cm³/mol. The first kappa shape index (κ1) is 18.0. The highest BCUT2D eigenvalue weighted by Gasteiger charge is 2.30. The number of hydrogen-bond acceptors (Lipinski definition) is 3. The maximum atomic E-state index is 12.1. The number of nitrogens with zero attached hydrogens (tertiary/aromatic N) is 1. The Kier molecular flexibility index (Phi) is 5.28. The fourth-order valence-electron chi connectivity index (χ4n) is 2.74. The molecule has 0 aromatic heterocycles. The Bertz CT molecular complexity index is 862. The van der Waals surface area contributed by atoms with E-state index in [4.69, 9.17) is 16.3 Å². The van der Waals surface area contributed by atoms with E-state index in [2.05, 4.69) is 5.32 Å². The Morgan fingerprint density at radius 3 is 2.69 bits per heavy atom. The van der Waals surface area contributed by atoms with Crippen LogP contribution in [0, 0.1) is 0 Å². The number of carbonyl (C=O) groups is 2. The zero-order valence-corrected chi connectivity index (χ0v) is 15.3. The first-order valence-electron chi connectivity index (χ1n) is 8.34. The van der Waals surface area contributed by atoms with E-state index in [-0.39, 0.29) is 11.8 Å². The number of nitrogens with one attached hydrogen (secondary N) is 1. The second-order valence-electron chi connectivity index (χ2n) is 5.90. The SMILES string of the molecule is CCN1C(=O)C(C)Oc2cc(NC(=O)/C=C/c3ccc(Cl)cc3)ccc21. The Morgan fingerprint density at radius 1 is 1.27 bits per heavy atom. The summed E-state index contributed by atoms with van der Waals surface area (Å²) in [6.45, 7) is 4.19. The second kappa shape index (κ2) is 7.62. The first-order chi connectivity index (χ1) is 12.5. The Hall–Kier alpha value is -2.79. The van der Waals surface area contributed by atoms with Crippen LogP contribution in [0.15, 0.2) is 48.5 Å². The molecule has 1 heterocycles. The highest BCUT2D eigenvalue weighted by molar-refractivity contribution is 6.30. The summed E-state index contributed by atoms with van der Waals surface area (Å²) in [7, 11) is 0. The van der Waals surface area contributed by atoms with E-state index in [9.17, 15) is 9.59 Å². The van der Waals surface area contributed by atoms with Gasteiger partial charge in [-0.1, -0.05) is 23.7 Å². The van der Waals surface area contributed by atoms with Gasteiger partial charge in [0.05, 0.1) is 5.69 Å². The Balaban J connectivity index is 1.73. The third-order valence-electron chi connectivity index (χ3n) is 4.05. The van der Waals surface area contributed by atoms with Crippen LogP contribution in [-0.2, 0) is 9.59 Å². The van der Waals surface area contributed by atoms with E-state index in [0.717, 1.165) is 5.56 Å². The second-order valence-corrected chi connectivity index (χ2v) is 6.34. The number of halogens is 1. The number of hydrogen-bond donors (Lipinski definition) is 1. The standard InChI is InChI=1S/C20H19ClN2O3/c1-3-23-17-10-9-16(12-18(17)26-13(2)20(23)25)22-19(24)11-6-14-4-7-15(21)8-5-14/h4-13H,3H2,1-2H3,(H,22,24)/b11-6+. The Morgan fingerprint density at radius 2 is 2.00 bits per heavy atom. The summed E-state index contributed by atoms with van der Waals surface area (Å²) in [6.07, 6.45) is 2.62. The van der Waals surface area contributed by atoms with Crippen molar-refractivity contribution in [2.45, 2.75) is 20.0 Å². The molecule has 1 unspecified atom stereocenters. The molecule has 0 fully saturated rings. The summed E-state index contributed by atoms with van der Waals surface area (Å²) in [6, 6.07) is 12.5. The van der Waals surface area contributed by atoms with E-state index in [1.54, 1.807) is 48.2 Å². The van der Waals surface area contributed by atoms with Gasteiger partial charge in [-0.05, 0) is 49.8 Å². The lowest BCUT2D eigenvalue weighted by Crippen LogP contribution is -2.44. The van der Waals surface area contributed by atoms with Gasteiger partial charge in [0, 0.05) is 29.4 Å². The number of ether oxygens (including phenoxy) is 1. The summed E-state index contributed by atoms with van der Waals surface area (Å²) in [5.74, 6) is 0.258. The first-order valence-corrected chi connectivity index (χ1v) is 8.72. The maximum Gasteiger partial charge on any atom is 0.267 e. The van der Waals surface area contributed by atoms with Crippen molar-refractivity contribution in [2.75, 3.05) is 16.8 Å². The number of amides is 2. The van der Waals surface area contributed by atoms with Gasteiger partial charge in [0.25, 0.3) is 5.91 Å². The number of likely N-dealkylation sites (N-methyl/N-ethyl adjacent to an activating group) is 1. The Labute approximate surface area is 157 Å². The molecule has 1 N–H and O–H groups in total. The molecule has 2 aromatic rings. The molecular formula is C20H19ClN2O3. The van der Waals surface area contributed by atoms with Gasteiger partial charge in [-0.3, -0.25) is 9.59 Å². The van der Waals surface area contributed by atoms with Crippen molar-refractivity contribution in [1.29, 1.82) is 0 Å². The number of fused-ring (bicyclic) bond motifs is 1. The summed E-state index contributed by atoms with van der Waals surface area (Å²) >= 11 is 5.84. The molecule has 1 aliphatic heterocycles. The molecule has 0 spiro atoms. The molecule has 5 nitrogen and oxygen atoms in total. The molecular weight excluding hydrogens is 352 g/mol. The summed E-state index contributed by atoms with van der Waals surface area (Å²) in [5, 5.41) is 3.44. The minimum atomic E-state index is -0.543. The third kappa shape index (κ3) is 3.89. The van der Waals surface area contributed by atoms with Gasteiger partial charge >= 0.3 is 0 Å². The van der Waals surface area contributed by atoms with Gasteiger partial charge < -0.3 is 15.0 Å². The van der Waals surface area contributed by atoms with Gasteiger partial charge in [0.15, 0.2) is 6.10 Å². The number of rotatable bonds is 4. The number of anilines is 2. The van der Waals surface area contributed by atoms with Crippen LogP contribution in [-0.4, -0.2) is 24.5 Å². The topological polar surface area (TPSA) is 58.6 Å². The van der Waals surface area contributed by atoms with Crippen LogP contribution in [0.2, 0.25) is 5.02 Å². The molecule has 0 bridgehead atoms. The van der Waals surface area contributed by atoms with Gasteiger partial charge in [0.2, 0.25) is 5.91 Å². The van der Waals surface area contributed by atoms with E-state index in [1.165, 1.54) is 6.08 Å². The largest absolute Gasteiger partial charge is 0.479 e. The molecule has 1 aliphatic rings.